The van der Waals surface area contributed by atoms with Crippen LogP contribution in [-0.2, 0) is 0 Å². The SMILES string of the molecule is Nc1cccc(/C=C/c2nc(-c3cn[nH]n3)no2)c1. The number of aromatic amines is 1. The molecule has 94 valence electrons. The van der Waals surface area contributed by atoms with Crippen LogP contribution in [0.3, 0.4) is 0 Å². The maximum Gasteiger partial charge on any atom is 0.251 e. The van der Waals surface area contributed by atoms with Crippen molar-refractivity contribution in [3.8, 4) is 11.5 Å². The topological polar surface area (TPSA) is 107 Å². The third kappa shape index (κ3) is 2.49. The maximum atomic E-state index is 5.69. The minimum atomic E-state index is 0.389. The zero-order valence-corrected chi connectivity index (χ0v) is 9.82. The van der Waals surface area contributed by atoms with Crippen molar-refractivity contribution >= 4 is 17.8 Å². The summed E-state index contributed by atoms with van der Waals surface area (Å²) in [4.78, 5) is 4.17. The molecule has 0 saturated heterocycles. The third-order valence-electron chi connectivity index (χ3n) is 2.41. The molecule has 0 aliphatic rings. The Labute approximate surface area is 108 Å². The number of rotatable bonds is 3. The summed E-state index contributed by atoms with van der Waals surface area (Å²) in [6.45, 7) is 0. The molecule has 19 heavy (non-hydrogen) atoms. The van der Waals surface area contributed by atoms with Crippen molar-refractivity contribution in [2.24, 2.45) is 0 Å². The highest BCUT2D eigenvalue weighted by Gasteiger charge is 2.08. The second kappa shape index (κ2) is 4.73. The predicted octanol–water partition coefficient (Wildman–Crippen LogP) is 1.61. The van der Waals surface area contributed by atoms with E-state index >= 15 is 0 Å². The lowest BCUT2D eigenvalue weighted by Gasteiger charge is -1.93. The summed E-state index contributed by atoms with van der Waals surface area (Å²) in [5.74, 6) is 0.779. The van der Waals surface area contributed by atoms with Crippen LogP contribution in [0, 0.1) is 0 Å². The molecule has 0 amide bonds. The lowest BCUT2D eigenvalue weighted by Crippen LogP contribution is -1.83. The first-order valence-electron chi connectivity index (χ1n) is 5.55. The number of anilines is 1. The fourth-order valence-corrected chi connectivity index (χ4v) is 1.55. The van der Waals surface area contributed by atoms with Crippen molar-refractivity contribution in [1.82, 2.24) is 25.6 Å². The molecule has 0 aliphatic heterocycles. The number of nitrogens with zero attached hydrogens (tertiary/aromatic N) is 4. The normalized spacial score (nSPS) is 11.2. The molecule has 0 saturated carbocycles. The van der Waals surface area contributed by atoms with E-state index in [-0.39, 0.29) is 0 Å². The van der Waals surface area contributed by atoms with Crippen LogP contribution >= 0.6 is 0 Å². The van der Waals surface area contributed by atoms with Gasteiger partial charge in [0.1, 0.15) is 0 Å². The third-order valence-corrected chi connectivity index (χ3v) is 2.41. The summed E-state index contributed by atoms with van der Waals surface area (Å²) < 4.78 is 5.08. The Kier molecular flexibility index (Phi) is 2.77. The molecule has 2 aromatic heterocycles. The molecule has 0 bridgehead atoms. The van der Waals surface area contributed by atoms with Crippen molar-refractivity contribution < 1.29 is 4.52 Å². The van der Waals surface area contributed by atoms with Gasteiger partial charge in [0.25, 0.3) is 5.89 Å². The number of hydrogen-bond donors (Lipinski definition) is 2. The van der Waals surface area contributed by atoms with Gasteiger partial charge in [0.15, 0.2) is 5.69 Å². The van der Waals surface area contributed by atoms with Gasteiger partial charge in [-0.1, -0.05) is 17.3 Å². The predicted molar refractivity (Wildman–Crippen MR) is 69.5 cm³/mol. The first kappa shape index (κ1) is 11.1. The molecular formula is C12H10N6O. The van der Waals surface area contributed by atoms with E-state index in [4.69, 9.17) is 10.3 Å². The molecule has 0 spiro atoms. The van der Waals surface area contributed by atoms with Crippen molar-refractivity contribution in [3.63, 3.8) is 0 Å². The van der Waals surface area contributed by atoms with Gasteiger partial charge in [0.05, 0.1) is 6.20 Å². The molecule has 2 heterocycles. The quantitative estimate of drug-likeness (QED) is 0.687. The van der Waals surface area contributed by atoms with Gasteiger partial charge in [0, 0.05) is 11.8 Å². The second-order valence-electron chi connectivity index (χ2n) is 3.81. The lowest BCUT2D eigenvalue weighted by atomic mass is 10.2. The van der Waals surface area contributed by atoms with Crippen LogP contribution in [0.15, 0.2) is 35.0 Å². The summed E-state index contributed by atoms with van der Waals surface area (Å²) in [6, 6.07) is 7.49. The largest absolute Gasteiger partial charge is 0.399 e. The number of nitrogens with two attached hydrogens (primary N) is 1. The molecule has 3 N–H and O–H groups in total. The summed E-state index contributed by atoms with van der Waals surface area (Å²) in [6.07, 6.45) is 5.08. The monoisotopic (exact) mass is 254 g/mol. The van der Waals surface area contributed by atoms with Crippen molar-refractivity contribution in [3.05, 3.63) is 41.9 Å². The smallest absolute Gasteiger partial charge is 0.251 e. The fourth-order valence-electron chi connectivity index (χ4n) is 1.55. The standard InChI is InChI=1S/C12H10N6O/c13-9-3-1-2-8(6-9)4-5-11-15-12(17-19-11)10-7-14-18-16-10/h1-7H,13H2,(H,14,16,18)/b5-4+. The lowest BCUT2D eigenvalue weighted by molar-refractivity contribution is 0.411. The Morgan fingerprint density at radius 3 is 3.00 bits per heavy atom. The summed E-state index contributed by atoms with van der Waals surface area (Å²) in [7, 11) is 0. The Morgan fingerprint density at radius 2 is 2.21 bits per heavy atom. The number of nitrogens with one attached hydrogen (secondary N) is 1. The number of H-pyrrole nitrogens is 1. The van der Waals surface area contributed by atoms with Gasteiger partial charge < -0.3 is 10.3 Å². The number of aromatic nitrogens is 5. The van der Waals surface area contributed by atoms with E-state index in [1.165, 1.54) is 6.20 Å². The molecule has 1 aromatic carbocycles. The van der Waals surface area contributed by atoms with Crippen molar-refractivity contribution in [1.29, 1.82) is 0 Å². The Bertz CT molecular complexity index is 701. The van der Waals surface area contributed by atoms with E-state index in [9.17, 15) is 0 Å². The number of nitrogen functional groups attached to an aromatic ring is 1. The molecular weight excluding hydrogens is 244 g/mol. The molecule has 7 heteroatoms. The Balaban J connectivity index is 1.81. The number of hydrogen-bond acceptors (Lipinski definition) is 6. The molecule has 3 aromatic rings. The zero-order chi connectivity index (χ0) is 13.1. The maximum absolute atomic E-state index is 5.69. The average Bonchev–Trinajstić information content (AvgIpc) is 3.07. The highest BCUT2D eigenvalue weighted by atomic mass is 16.5. The molecule has 0 aliphatic carbocycles. The van der Waals surface area contributed by atoms with Crippen molar-refractivity contribution in [2.75, 3.05) is 5.73 Å². The second-order valence-corrected chi connectivity index (χ2v) is 3.81. The first-order chi connectivity index (χ1) is 9.31. The van der Waals surface area contributed by atoms with E-state index in [2.05, 4.69) is 25.6 Å². The fraction of sp³-hybridized carbons (Fsp3) is 0. The van der Waals surface area contributed by atoms with E-state index in [1.54, 1.807) is 6.08 Å². The van der Waals surface area contributed by atoms with Gasteiger partial charge in [0.2, 0.25) is 5.82 Å². The van der Waals surface area contributed by atoms with E-state index < -0.39 is 0 Å². The minimum absolute atomic E-state index is 0.389. The molecule has 0 fully saturated rings. The Hall–Kier alpha value is -2.96. The highest BCUT2D eigenvalue weighted by Crippen LogP contribution is 2.13. The van der Waals surface area contributed by atoms with Crippen LogP contribution in [0.4, 0.5) is 5.69 Å². The van der Waals surface area contributed by atoms with Gasteiger partial charge in [-0.05, 0) is 23.8 Å². The van der Waals surface area contributed by atoms with Crippen LogP contribution in [0.2, 0.25) is 0 Å². The summed E-state index contributed by atoms with van der Waals surface area (Å²) >= 11 is 0. The van der Waals surface area contributed by atoms with E-state index in [0.717, 1.165) is 5.56 Å². The number of benzene rings is 1. The highest BCUT2D eigenvalue weighted by molar-refractivity contribution is 5.68. The average molecular weight is 254 g/mol. The van der Waals surface area contributed by atoms with Crippen LogP contribution < -0.4 is 5.73 Å². The Morgan fingerprint density at radius 1 is 1.26 bits per heavy atom. The van der Waals surface area contributed by atoms with Crippen LogP contribution in [0.25, 0.3) is 23.7 Å². The van der Waals surface area contributed by atoms with Gasteiger partial charge >= 0.3 is 0 Å². The van der Waals surface area contributed by atoms with Gasteiger partial charge in [-0.3, -0.25) is 0 Å². The van der Waals surface area contributed by atoms with Gasteiger partial charge in [-0.2, -0.15) is 20.4 Å². The summed E-state index contributed by atoms with van der Waals surface area (Å²) in [5, 5.41) is 13.8. The van der Waals surface area contributed by atoms with Crippen molar-refractivity contribution in [2.45, 2.75) is 0 Å². The van der Waals surface area contributed by atoms with E-state index in [0.29, 0.717) is 23.1 Å². The minimum Gasteiger partial charge on any atom is -0.399 e. The molecule has 7 nitrogen and oxygen atoms in total. The zero-order valence-electron chi connectivity index (χ0n) is 9.82. The molecule has 0 unspecified atom stereocenters. The van der Waals surface area contributed by atoms with Crippen LogP contribution in [-0.4, -0.2) is 25.6 Å². The van der Waals surface area contributed by atoms with Gasteiger partial charge in [-0.15, -0.1) is 0 Å². The van der Waals surface area contributed by atoms with Gasteiger partial charge in [-0.25, -0.2) is 0 Å². The first-order valence-corrected chi connectivity index (χ1v) is 5.55. The molecule has 0 atom stereocenters. The molecule has 3 rings (SSSR count). The van der Waals surface area contributed by atoms with E-state index in [1.807, 2.05) is 30.3 Å². The molecule has 0 radical (unpaired) electrons. The van der Waals surface area contributed by atoms with Crippen LogP contribution in [0.5, 0.6) is 0 Å². The summed E-state index contributed by atoms with van der Waals surface area (Å²) in [5.41, 5.74) is 7.89. The van der Waals surface area contributed by atoms with Crippen LogP contribution in [0.1, 0.15) is 11.5 Å².